The normalized spacial score (nSPS) is 12.2. The van der Waals surface area contributed by atoms with E-state index in [0.717, 1.165) is 5.56 Å². The maximum atomic E-state index is 13.3. The lowest BCUT2D eigenvalue weighted by Gasteiger charge is -2.24. The number of benzene rings is 1. The SMILES string of the molecule is Nc1c(C(=O)NCCN(Cc2ccccc2)C(=O)c2scc3c2OCCO3)[nH]c(=O)[nH]c1=O. The molecule has 1 aliphatic heterocycles. The van der Waals surface area contributed by atoms with E-state index in [0.29, 0.717) is 36.1 Å². The van der Waals surface area contributed by atoms with E-state index >= 15 is 0 Å². The number of anilines is 1. The summed E-state index contributed by atoms with van der Waals surface area (Å²) < 4.78 is 11.2. The Balaban J connectivity index is 1.50. The Labute approximate surface area is 191 Å². The van der Waals surface area contributed by atoms with Crippen molar-refractivity contribution in [1.82, 2.24) is 20.2 Å². The van der Waals surface area contributed by atoms with Crippen molar-refractivity contribution in [3.63, 3.8) is 0 Å². The second kappa shape index (κ2) is 9.61. The van der Waals surface area contributed by atoms with Crippen LogP contribution in [0.2, 0.25) is 0 Å². The third-order valence-corrected chi connectivity index (χ3v) is 5.80. The molecule has 3 aromatic rings. The van der Waals surface area contributed by atoms with Gasteiger partial charge in [-0.25, -0.2) is 4.79 Å². The number of H-pyrrole nitrogens is 2. The number of hydrogen-bond donors (Lipinski definition) is 4. The molecule has 0 aliphatic carbocycles. The van der Waals surface area contributed by atoms with E-state index in [1.54, 1.807) is 10.3 Å². The predicted molar refractivity (Wildman–Crippen MR) is 121 cm³/mol. The van der Waals surface area contributed by atoms with Crippen LogP contribution in [-0.2, 0) is 6.54 Å². The standard InChI is InChI=1S/C21H21N5O6S/c22-14-15(24-21(30)25-18(14)27)19(28)23-6-7-26(10-12-4-2-1-3-5-12)20(29)17-16-13(11-33-17)31-8-9-32-16/h1-5,11H,6-10,22H2,(H,23,28)(H2,24,25,27,30). The molecule has 11 nitrogen and oxygen atoms in total. The minimum Gasteiger partial charge on any atom is -0.485 e. The van der Waals surface area contributed by atoms with Crippen molar-refractivity contribution in [2.24, 2.45) is 0 Å². The van der Waals surface area contributed by atoms with Crippen molar-refractivity contribution < 1.29 is 19.1 Å². The summed E-state index contributed by atoms with van der Waals surface area (Å²) in [7, 11) is 0. The Kier molecular flexibility index (Phi) is 6.45. The molecule has 33 heavy (non-hydrogen) atoms. The van der Waals surface area contributed by atoms with Gasteiger partial charge in [-0.1, -0.05) is 30.3 Å². The number of nitrogens with two attached hydrogens (primary N) is 1. The van der Waals surface area contributed by atoms with Crippen LogP contribution in [0.25, 0.3) is 0 Å². The number of nitrogens with zero attached hydrogens (tertiary/aromatic N) is 1. The van der Waals surface area contributed by atoms with Crippen molar-refractivity contribution in [2.75, 3.05) is 32.0 Å². The lowest BCUT2D eigenvalue weighted by atomic mass is 10.2. The largest absolute Gasteiger partial charge is 0.485 e. The van der Waals surface area contributed by atoms with Crippen LogP contribution >= 0.6 is 11.3 Å². The molecule has 2 amide bonds. The lowest BCUT2D eigenvalue weighted by Crippen LogP contribution is -2.39. The number of thiophene rings is 1. The zero-order valence-electron chi connectivity index (χ0n) is 17.4. The van der Waals surface area contributed by atoms with Crippen LogP contribution in [0, 0.1) is 0 Å². The van der Waals surface area contributed by atoms with Crippen molar-refractivity contribution in [2.45, 2.75) is 6.54 Å². The fraction of sp³-hybridized carbons (Fsp3) is 0.238. The Hall–Kier alpha value is -4.06. The molecule has 12 heteroatoms. The van der Waals surface area contributed by atoms with E-state index in [9.17, 15) is 19.2 Å². The van der Waals surface area contributed by atoms with Gasteiger partial charge in [-0.15, -0.1) is 11.3 Å². The van der Waals surface area contributed by atoms with Gasteiger partial charge in [0, 0.05) is 25.0 Å². The summed E-state index contributed by atoms with van der Waals surface area (Å²) in [5.41, 5.74) is 4.08. The van der Waals surface area contributed by atoms with E-state index < -0.39 is 22.8 Å². The summed E-state index contributed by atoms with van der Waals surface area (Å²) in [6.07, 6.45) is 0. The molecule has 0 spiro atoms. The van der Waals surface area contributed by atoms with Crippen molar-refractivity contribution in [3.8, 4) is 11.5 Å². The van der Waals surface area contributed by atoms with Gasteiger partial charge >= 0.3 is 5.69 Å². The molecular formula is C21H21N5O6S. The fourth-order valence-corrected chi connectivity index (χ4v) is 4.17. The van der Waals surface area contributed by atoms with Gasteiger partial charge in [-0.05, 0) is 5.56 Å². The Morgan fingerprint density at radius 2 is 1.88 bits per heavy atom. The molecule has 0 saturated heterocycles. The van der Waals surface area contributed by atoms with E-state index in [1.807, 2.05) is 35.3 Å². The lowest BCUT2D eigenvalue weighted by molar-refractivity contribution is 0.0732. The zero-order chi connectivity index (χ0) is 23.4. The van der Waals surface area contributed by atoms with Gasteiger partial charge in [0.25, 0.3) is 17.4 Å². The molecule has 0 atom stereocenters. The predicted octanol–water partition coefficient (Wildman–Crippen LogP) is 0.550. The van der Waals surface area contributed by atoms with E-state index in [2.05, 4.69) is 10.3 Å². The van der Waals surface area contributed by atoms with Gasteiger partial charge < -0.3 is 30.4 Å². The number of nitrogens with one attached hydrogen (secondary N) is 3. The van der Waals surface area contributed by atoms with E-state index in [1.165, 1.54) is 11.3 Å². The second-order valence-corrected chi connectivity index (χ2v) is 8.00. The van der Waals surface area contributed by atoms with E-state index in [-0.39, 0.29) is 24.7 Å². The summed E-state index contributed by atoms with van der Waals surface area (Å²) in [4.78, 5) is 55.0. The van der Waals surface area contributed by atoms with Crippen LogP contribution in [0.4, 0.5) is 5.69 Å². The number of amides is 2. The highest BCUT2D eigenvalue weighted by molar-refractivity contribution is 7.12. The molecule has 0 fully saturated rings. The van der Waals surface area contributed by atoms with Crippen molar-refractivity contribution in [1.29, 1.82) is 0 Å². The van der Waals surface area contributed by atoms with Crippen molar-refractivity contribution >= 4 is 28.8 Å². The monoisotopic (exact) mass is 471 g/mol. The van der Waals surface area contributed by atoms with Crippen molar-refractivity contribution in [3.05, 3.63) is 72.7 Å². The van der Waals surface area contributed by atoms with Gasteiger partial charge in [-0.3, -0.25) is 19.4 Å². The maximum Gasteiger partial charge on any atom is 0.326 e. The average molecular weight is 471 g/mol. The minimum absolute atomic E-state index is 0.0522. The molecule has 172 valence electrons. The molecule has 0 radical (unpaired) electrons. The first-order valence-corrected chi connectivity index (χ1v) is 10.9. The number of aromatic amines is 2. The summed E-state index contributed by atoms with van der Waals surface area (Å²) in [5, 5.41) is 4.32. The van der Waals surface area contributed by atoms with Gasteiger partial charge in [0.1, 0.15) is 29.5 Å². The number of aromatic nitrogens is 2. The van der Waals surface area contributed by atoms with Gasteiger partial charge in [0.15, 0.2) is 11.5 Å². The highest BCUT2D eigenvalue weighted by Gasteiger charge is 2.27. The number of rotatable bonds is 7. The van der Waals surface area contributed by atoms with Gasteiger partial charge in [0.05, 0.1) is 0 Å². The first-order valence-electron chi connectivity index (χ1n) is 10.0. The molecule has 0 unspecified atom stereocenters. The van der Waals surface area contributed by atoms with Crippen LogP contribution in [0.1, 0.15) is 25.7 Å². The third-order valence-electron chi connectivity index (χ3n) is 4.87. The first kappa shape index (κ1) is 22.1. The van der Waals surface area contributed by atoms with Crippen LogP contribution < -0.4 is 31.8 Å². The molecule has 0 saturated carbocycles. The van der Waals surface area contributed by atoms with Crippen LogP contribution in [-0.4, -0.2) is 53.0 Å². The Morgan fingerprint density at radius 3 is 2.67 bits per heavy atom. The minimum atomic E-state index is -0.852. The molecule has 2 aromatic heterocycles. The van der Waals surface area contributed by atoms with Gasteiger partial charge in [-0.2, -0.15) is 0 Å². The molecule has 5 N–H and O–H groups in total. The number of fused-ring (bicyclic) bond motifs is 1. The average Bonchev–Trinajstić information content (AvgIpc) is 3.25. The summed E-state index contributed by atoms with van der Waals surface area (Å²) >= 11 is 1.23. The number of hydrogen-bond acceptors (Lipinski definition) is 8. The summed E-state index contributed by atoms with van der Waals surface area (Å²) in [5.74, 6) is -0.0366. The number of ether oxygens (including phenoxy) is 2. The Morgan fingerprint density at radius 1 is 1.12 bits per heavy atom. The van der Waals surface area contributed by atoms with Crippen LogP contribution in [0.3, 0.4) is 0 Å². The van der Waals surface area contributed by atoms with Crippen LogP contribution in [0.15, 0.2) is 45.3 Å². The Bertz CT molecular complexity index is 1280. The number of nitrogen functional groups attached to an aromatic ring is 1. The number of carbonyl (C=O) groups is 2. The fourth-order valence-electron chi connectivity index (χ4n) is 3.28. The topological polar surface area (TPSA) is 160 Å². The third kappa shape index (κ3) is 4.90. The summed E-state index contributed by atoms with van der Waals surface area (Å²) in [6, 6.07) is 9.41. The first-order chi connectivity index (χ1) is 15.9. The van der Waals surface area contributed by atoms with Gasteiger partial charge in [0.2, 0.25) is 0 Å². The molecular weight excluding hydrogens is 450 g/mol. The quantitative estimate of drug-likeness (QED) is 0.391. The smallest absolute Gasteiger partial charge is 0.326 e. The summed E-state index contributed by atoms with van der Waals surface area (Å²) in [6.45, 7) is 1.28. The zero-order valence-corrected chi connectivity index (χ0v) is 18.2. The molecule has 1 aromatic carbocycles. The number of carbonyl (C=O) groups excluding carboxylic acids is 2. The highest BCUT2D eigenvalue weighted by Crippen LogP contribution is 2.40. The second-order valence-electron chi connectivity index (χ2n) is 7.12. The molecule has 1 aliphatic rings. The highest BCUT2D eigenvalue weighted by atomic mass is 32.1. The van der Waals surface area contributed by atoms with Crippen LogP contribution in [0.5, 0.6) is 11.5 Å². The molecule has 3 heterocycles. The van der Waals surface area contributed by atoms with E-state index in [4.69, 9.17) is 15.2 Å². The maximum absolute atomic E-state index is 13.3. The molecule has 0 bridgehead atoms. The molecule has 4 rings (SSSR count).